The van der Waals surface area contributed by atoms with Crippen LogP contribution in [-0.4, -0.2) is 12.4 Å². The summed E-state index contributed by atoms with van der Waals surface area (Å²) >= 11 is 0. The molecule has 2 nitrogen and oxygen atoms in total. The Hall–Kier alpha value is -1.31. The van der Waals surface area contributed by atoms with Crippen molar-refractivity contribution in [1.29, 1.82) is 0 Å². The molecule has 1 aromatic carbocycles. The molecule has 0 aliphatic rings. The first kappa shape index (κ1) is 12.8. The van der Waals surface area contributed by atoms with Gasteiger partial charge in [-0.2, -0.15) is 0 Å². The molecular weight excluding hydrogens is 200 g/mol. The maximum atomic E-state index is 11.0. The van der Waals surface area contributed by atoms with E-state index in [1.165, 1.54) is 0 Å². The van der Waals surface area contributed by atoms with Crippen molar-refractivity contribution in [3.63, 3.8) is 0 Å². The van der Waals surface area contributed by atoms with Gasteiger partial charge in [-0.15, -0.1) is 0 Å². The number of rotatable bonds is 3. The number of hydrogen-bond acceptors (Lipinski definition) is 2. The van der Waals surface area contributed by atoms with Gasteiger partial charge in [-0.25, -0.2) is 0 Å². The SMILES string of the molecule is CC(C)Oc1c(C=O)cccc1C(C)(C)C. The van der Waals surface area contributed by atoms with Gasteiger partial charge in [-0.3, -0.25) is 4.79 Å². The Morgan fingerprint density at radius 1 is 1.25 bits per heavy atom. The minimum absolute atomic E-state index is 0.0246. The van der Waals surface area contributed by atoms with Gasteiger partial charge in [0.05, 0.1) is 11.7 Å². The third-order valence-corrected chi connectivity index (χ3v) is 2.33. The van der Waals surface area contributed by atoms with E-state index in [0.29, 0.717) is 5.56 Å². The monoisotopic (exact) mass is 220 g/mol. The summed E-state index contributed by atoms with van der Waals surface area (Å²) in [6.07, 6.45) is 0.926. The highest BCUT2D eigenvalue weighted by atomic mass is 16.5. The maximum absolute atomic E-state index is 11.0. The number of hydrogen-bond donors (Lipinski definition) is 0. The quantitative estimate of drug-likeness (QED) is 0.728. The molecule has 0 aliphatic carbocycles. The van der Waals surface area contributed by atoms with Crippen molar-refractivity contribution in [3.8, 4) is 5.75 Å². The van der Waals surface area contributed by atoms with Crippen molar-refractivity contribution in [1.82, 2.24) is 0 Å². The fourth-order valence-corrected chi connectivity index (χ4v) is 1.61. The lowest BCUT2D eigenvalue weighted by Gasteiger charge is -2.25. The van der Waals surface area contributed by atoms with Crippen LogP contribution in [0, 0.1) is 0 Å². The zero-order valence-corrected chi connectivity index (χ0v) is 10.7. The molecule has 0 saturated heterocycles. The summed E-state index contributed by atoms with van der Waals surface area (Å²) in [5.74, 6) is 0.722. The summed E-state index contributed by atoms with van der Waals surface area (Å²) in [5, 5.41) is 0. The minimum Gasteiger partial charge on any atom is -0.490 e. The summed E-state index contributed by atoms with van der Waals surface area (Å²) in [4.78, 5) is 11.0. The molecule has 2 heteroatoms. The van der Waals surface area contributed by atoms with Crippen molar-refractivity contribution in [3.05, 3.63) is 29.3 Å². The lowest BCUT2D eigenvalue weighted by molar-refractivity contribution is 0.111. The van der Waals surface area contributed by atoms with Crippen LogP contribution in [0.25, 0.3) is 0 Å². The van der Waals surface area contributed by atoms with E-state index in [1.54, 1.807) is 6.07 Å². The molecule has 0 radical (unpaired) electrons. The van der Waals surface area contributed by atoms with E-state index in [0.717, 1.165) is 17.6 Å². The number of carbonyl (C=O) groups is 1. The van der Waals surface area contributed by atoms with Crippen LogP contribution in [-0.2, 0) is 5.41 Å². The van der Waals surface area contributed by atoms with Crippen LogP contribution in [0.15, 0.2) is 18.2 Å². The lowest BCUT2D eigenvalue weighted by Crippen LogP contribution is -2.17. The molecule has 1 aromatic rings. The summed E-state index contributed by atoms with van der Waals surface area (Å²) in [6, 6.07) is 5.71. The second kappa shape index (κ2) is 4.69. The largest absolute Gasteiger partial charge is 0.490 e. The second-order valence-corrected chi connectivity index (χ2v) is 5.26. The highest BCUT2D eigenvalue weighted by molar-refractivity contribution is 5.80. The van der Waals surface area contributed by atoms with E-state index >= 15 is 0 Å². The van der Waals surface area contributed by atoms with Gasteiger partial charge in [-0.05, 0) is 25.3 Å². The van der Waals surface area contributed by atoms with Crippen LogP contribution in [0.3, 0.4) is 0 Å². The van der Waals surface area contributed by atoms with Crippen LogP contribution in [0.5, 0.6) is 5.75 Å². The maximum Gasteiger partial charge on any atom is 0.153 e. The van der Waals surface area contributed by atoms with Crippen molar-refractivity contribution < 1.29 is 9.53 Å². The van der Waals surface area contributed by atoms with Gasteiger partial charge in [0.2, 0.25) is 0 Å². The van der Waals surface area contributed by atoms with Crippen LogP contribution >= 0.6 is 0 Å². The first-order valence-electron chi connectivity index (χ1n) is 5.61. The van der Waals surface area contributed by atoms with Gasteiger partial charge >= 0.3 is 0 Å². The first-order valence-corrected chi connectivity index (χ1v) is 5.61. The molecule has 0 amide bonds. The minimum atomic E-state index is -0.0246. The smallest absolute Gasteiger partial charge is 0.153 e. The van der Waals surface area contributed by atoms with Crippen LogP contribution in [0.1, 0.15) is 50.5 Å². The van der Waals surface area contributed by atoms with Gasteiger partial charge in [0, 0.05) is 5.56 Å². The molecule has 0 fully saturated rings. The number of benzene rings is 1. The third kappa shape index (κ3) is 2.84. The van der Waals surface area contributed by atoms with E-state index < -0.39 is 0 Å². The van der Waals surface area contributed by atoms with Crippen molar-refractivity contribution >= 4 is 6.29 Å². The fourth-order valence-electron chi connectivity index (χ4n) is 1.61. The molecule has 0 aromatic heterocycles. The van der Waals surface area contributed by atoms with Gasteiger partial charge in [0.25, 0.3) is 0 Å². The van der Waals surface area contributed by atoms with Gasteiger partial charge in [-0.1, -0.05) is 32.9 Å². The topological polar surface area (TPSA) is 26.3 Å². The number of aldehydes is 1. The molecular formula is C14H20O2. The first-order chi connectivity index (χ1) is 7.36. The van der Waals surface area contributed by atoms with E-state index in [-0.39, 0.29) is 11.5 Å². The molecule has 0 bridgehead atoms. The fraction of sp³-hybridized carbons (Fsp3) is 0.500. The summed E-state index contributed by atoms with van der Waals surface area (Å²) in [7, 11) is 0. The average molecular weight is 220 g/mol. The second-order valence-electron chi connectivity index (χ2n) is 5.26. The molecule has 0 atom stereocenters. The standard InChI is InChI=1S/C14H20O2/c1-10(2)16-13-11(9-15)7-6-8-12(13)14(3,4)5/h6-10H,1-5H3. The summed E-state index contributed by atoms with van der Waals surface area (Å²) in [6.45, 7) is 10.3. The van der Waals surface area contributed by atoms with Crippen molar-refractivity contribution in [2.24, 2.45) is 0 Å². The summed E-state index contributed by atoms with van der Waals surface area (Å²) < 4.78 is 5.76. The van der Waals surface area contributed by atoms with Gasteiger partial charge in [0.15, 0.2) is 6.29 Å². The molecule has 16 heavy (non-hydrogen) atoms. The Bertz CT molecular complexity index is 373. The Balaban J connectivity index is 3.31. The Morgan fingerprint density at radius 3 is 2.31 bits per heavy atom. The lowest BCUT2D eigenvalue weighted by atomic mass is 9.85. The zero-order valence-electron chi connectivity index (χ0n) is 10.7. The zero-order chi connectivity index (χ0) is 12.3. The predicted octanol–water partition coefficient (Wildman–Crippen LogP) is 3.58. The number of ether oxygens (including phenoxy) is 1. The van der Waals surface area contributed by atoms with Crippen LogP contribution in [0.2, 0.25) is 0 Å². The summed E-state index contributed by atoms with van der Waals surface area (Å²) in [5.41, 5.74) is 1.68. The van der Waals surface area contributed by atoms with E-state index in [1.807, 2.05) is 26.0 Å². The number of para-hydroxylation sites is 1. The molecule has 1 rings (SSSR count). The van der Waals surface area contributed by atoms with E-state index in [2.05, 4.69) is 20.8 Å². The molecule has 0 aliphatic heterocycles. The molecule has 0 heterocycles. The van der Waals surface area contributed by atoms with Crippen LogP contribution < -0.4 is 4.74 Å². The highest BCUT2D eigenvalue weighted by Gasteiger charge is 2.21. The number of carbonyl (C=O) groups excluding carboxylic acids is 1. The Morgan fingerprint density at radius 2 is 1.88 bits per heavy atom. The van der Waals surface area contributed by atoms with Crippen molar-refractivity contribution in [2.75, 3.05) is 0 Å². The van der Waals surface area contributed by atoms with Gasteiger partial charge in [0.1, 0.15) is 5.75 Å². The van der Waals surface area contributed by atoms with E-state index in [4.69, 9.17) is 4.74 Å². The third-order valence-electron chi connectivity index (χ3n) is 2.33. The van der Waals surface area contributed by atoms with Gasteiger partial charge < -0.3 is 4.74 Å². The molecule has 0 spiro atoms. The average Bonchev–Trinajstić information content (AvgIpc) is 2.15. The van der Waals surface area contributed by atoms with Crippen LogP contribution in [0.4, 0.5) is 0 Å². The highest BCUT2D eigenvalue weighted by Crippen LogP contribution is 2.34. The van der Waals surface area contributed by atoms with E-state index in [9.17, 15) is 4.79 Å². The Labute approximate surface area is 97.6 Å². The molecule has 0 N–H and O–H groups in total. The molecule has 0 saturated carbocycles. The normalized spacial score (nSPS) is 11.6. The predicted molar refractivity (Wildman–Crippen MR) is 66.3 cm³/mol. The van der Waals surface area contributed by atoms with Crippen molar-refractivity contribution in [2.45, 2.75) is 46.1 Å². The molecule has 88 valence electrons. The molecule has 0 unspecified atom stereocenters. The Kier molecular flexibility index (Phi) is 3.74.